The van der Waals surface area contributed by atoms with E-state index in [0.717, 1.165) is 16.3 Å². The van der Waals surface area contributed by atoms with E-state index in [2.05, 4.69) is 0 Å². The lowest BCUT2D eigenvalue weighted by Gasteiger charge is -2.12. The summed E-state index contributed by atoms with van der Waals surface area (Å²) in [6, 6.07) is 18.5. The van der Waals surface area contributed by atoms with Crippen molar-refractivity contribution in [1.82, 2.24) is 0 Å². The van der Waals surface area contributed by atoms with Gasteiger partial charge < -0.3 is 14.6 Å². The molecule has 23 heavy (non-hydrogen) atoms. The third-order valence-corrected chi connectivity index (χ3v) is 3.63. The van der Waals surface area contributed by atoms with Crippen molar-refractivity contribution < 1.29 is 19.4 Å². The zero-order valence-electron chi connectivity index (χ0n) is 12.7. The van der Waals surface area contributed by atoms with Gasteiger partial charge in [0, 0.05) is 5.39 Å². The lowest BCUT2D eigenvalue weighted by atomic mass is 10.0. The van der Waals surface area contributed by atoms with Crippen LogP contribution >= 0.6 is 0 Å². The molecule has 0 amide bonds. The molecule has 3 aromatic rings. The number of fused-ring (bicyclic) bond motifs is 1. The summed E-state index contributed by atoms with van der Waals surface area (Å²) in [6.07, 6.45) is 0. The van der Waals surface area contributed by atoms with Crippen molar-refractivity contribution in [2.45, 2.75) is 6.61 Å². The molecule has 4 heteroatoms. The third-order valence-electron chi connectivity index (χ3n) is 3.63. The second-order valence-corrected chi connectivity index (χ2v) is 5.11. The van der Waals surface area contributed by atoms with Crippen molar-refractivity contribution in [2.24, 2.45) is 0 Å². The molecule has 4 nitrogen and oxygen atoms in total. The second kappa shape index (κ2) is 6.40. The van der Waals surface area contributed by atoms with Crippen LogP contribution in [-0.2, 0) is 6.61 Å². The largest absolute Gasteiger partial charge is 0.496 e. The molecule has 1 N–H and O–H groups in total. The first-order valence-electron chi connectivity index (χ1n) is 7.20. The van der Waals surface area contributed by atoms with Crippen LogP contribution in [0.3, 0.4) is 0 Å². The molecule has 0 bridgehead atoms. The molecule has 0 saturated heterocycles. The predicted molar refractivity (Wildman–Crippen MR) is 88.2 cm³/mol. The van der Waals surface area contributed by atoms with Gasteiger partial charge in [-0.15, -0.1) is 0 Å². The first-order chi connectivity index (χ1) is 11.2. The van der Waals surface area contributed by atoms with Crippen LogP contribution in [0.5, 0.6) is 11.5 Å². The minimum Gasteiger partial charge on any atom is -0.496 e. The molecule has 0 spiro atoms. The molecule has 3 aromatic carbocycles. The van der Waals surface area contributed by atoms with E-state index in [9.17, 15) is 9.90 Å². The highest BCUT2D eigenvalue weighted by Crippen LogP contribution is 2.32. The van der Waals surface area contributed by atoms with E-state index in [-0.39, 0.29) is 5.56 Å². The number of methoxy groups -OCH3 is 1. The van der Waals surface area contributed by atoms with Gasteiger partial charge in [0.05, 0.1) is 7.11 Å². The van der Waals surface area contributed by atoms with E-state index in [1.54, 1.807) is 19.2 Å². The zero-order valence-corrected chi connectivity index (χ0v) is 12.7. The summed E-state index contributed by atoms with van der Waals surface area (Å²) in [4.78, 5) is 11.5. The molecule has 3 rings (SSSR count). The lowest BCUT2D eigenvalue weighted by Crippen LogP contribution is -2.04. The Morgan fingerprint density at radius 3 is 2.48 bits per heavy atom. The molecule has 0 radical (unpaired) electrons. The Bertz CT molecular complexity index is 841. The number of rotatable bonds is 5. The van der Waals surface area contributed by atoms with E-state index in [1.165, 1.54) is 0 Å². The minimum absolute atomic E-state index is 0.140. The summed E-state index contributed by atoms with van der Waals surface area (Å²) < 4.78 is 11.1. The van der Waals surface area contributed by atoms with Gasteiger partial charge in [-0.1, -0.05) is 42.5 Å². The van der Waals surface area contributed by atoms with Crippen LogP contribution in [0.15, 0.2) is 60.7 Å². The van der Waals surface area contributed by atoms with Crippen LogP contribution < -0.4 is 9.47 Å². The average Bonchev–Trinajstić information content (AvgIpc) is 2.59. The highest BCUT2D eigenvalue weighted by atomic mass is 16.5. The Balaban J connectivity index is 2.02. The van der Waals surface area contributed by atoms with Gasteiger partial charge in [-0.25, -0.2) is 4.79 Å². The summed E-state index contributed by atoms with van der Waals surface area (Å²) >= 11 is 0. The van der Waals surface area contributed by atoms with Crippen molar-refractivity contribution in [3.05, 3.63) is 71.8 Å². The number of benzene rings is 3. The molecular formula is C19H16O4. The molecule has 0 aliphatic heterocycles. The summed E-state index contributed by atoms with van der Waals surface area (Å²) in [5, 5.41) is 11.1. The highest BCUT2D eigenvalue weighted by molar-refractivity contribution is 5.99. The quantitative estimate of drug-likeness (QED) is 0.770. The van der Waals surface area contributed by atoms with E-state index in [0.29, 0.717) is 18.1 Å². The Morgan fingerprint density at radius 2 is 1.78 bits per heavy atom. The molecule has 0 saturated carbocycles. The fourth-order valence-electron chi connectivity index (χ4n) is 2.48. The average molecular weight is 308 g/mol. The number of carbonyl (C=O) groups is 1. The van der Waals surface area contributed by atoms with Crippen molar-refractivity contribution in [3.63, 3.8) is 0 Å². The predicted octanol–water partition coefficient (Wildman–Crippen LogP) is 4.13. The SMILES string of the molecule is COc1cccc2cc(C(=O)O)c(OCc3ccccc3)cc12. The van der Waals surface area contributed by atoms with Gasteiger partial charge in [0.1, 0.15) is 23.7 Å². The molecule has 0 heterocycles. The number of ether oxygens (including phenoxy) is 2. The van der Waals surface area contributed by atoms with Crippen molar-refractivity contribution in [2.75, 3.05) is 7.11 Å². The third kappa shape index (κ3) is 3.11. The number of aromatic carboxylic acids is 1. The highest BCUT2D eigenvalue weighted by Gasteiger charge is 2.15. The van der Waals surface area contributed by atoms with Crippen molar-refractivity contribution >= 4 is 16.7 Å². The van der Waals surface area contributed by atoms with E-state index >= 15 is 0 Å². The molecule has 0 aliphatic carbocycles. The van der Waals surface area contributed by atoms with Gasteiger partial charge in [-0.05, 0) is 29.1 Å². The number of carboxylic acids is 1. The van der Waals surface area contributed by atoms with Crippen LogP contribution in [-0.4, -0.2) is 18.2 Å². The normalized spacial score (nSPS) is 10.5. The molecule has 116 valence electrons. The van der Waals surface area contributed by atoms with Crippen LogP contribution in [0.4, 0.5) is 0 Å². The van der Waals surface area contributed by atoms with Crippen LogP contribution in [0.25, 0.3) is 10.8 Å². The van der Waals surface area contributed by atoms with E-state index < -0.39 is 5.97 Å². The molecular weight excluding hydrogens is 292 g/mol. The van der Waals surface area contributed by atoms with Gasteiger partial charge in [-0.2, -0.15) is 0 Å². The maximum Gasteiger partial charge on any atom is 0.339 e. The Labute approximate surface area is 133 Å². The monoisotopic (exact) mass is 308 g/mol. The van der Waals surface area contributed by atoms with E-state index in [4.69, 9.17) is 9.47 Å². The summed E-state index contributed by atoms with van der Waals surface area (Å²) in [5.74, 6) is 0.000125. The lowest BCUT2D eigenvalue weighted by molar-refractivity contribution is 0.0692. The first-order valence-corrected chi connectivity index (χ1v) is 7.20. The first kappa shape index (κ1) is 14.9. The Hall–Kier alpha value is -3.01. The van der Waals surface area contributed by atoms with Gasteiger partial charge in [0.2, 0.25) is 0 Å². The van der Waals surface area contributed by atoms with Crippen LogP contribution in [0.1, 0.15) is 15.9 Å². The molecule has 0 aromatic heterocycles. The van der Waals surface area contributed by atoms with Gasteiger partial charge in [0.25, 0.3) is 0 Å². The minimum atomic E-state index is -1.02. The topological polar surface area (TPSA) is 55.8 Å². The summed E-state index contributed by atoms with van der Waals surface area (Å²) in [7, 11) is 1.59. The fourth-order valence-corrected chi connectivity index (χ4v) is 2.48. The molecule has 0 atom stereocenters. The number of hydrogen-bond acceptors (Lipinski definition) is 3. The van der Waals surface area contributed by atoms with E-state index in [1.807, 2.05) is 48.5 Å². The maximum absolute atomic E-state index is 11.5. The fraction of sp³-hybridized carbons (Fsp3) is 0.105. The Morgan fingerprint density at radius 1 is 1.00 bits per heavy atom. The second-order valence-electron chi connectivity index (χ2n) is 5.11. The molecule has 0 fully saturated rings. The maximum atomic E-state index is 11.5. The van der Waals surface area contributed by atoms with Crippen molar-refractivity contribution in [1.29, 1.82) is 0 Å². The number of hydrogen-bond donors (Lipinski definition) is 1. The molecule has 0 unspecified atom stereocenters. The van der Waals surface area contributed by atoms with Gasteiger partial charge >= 0.3 is 5.97 Å². The van der Waals surface area contributed by atoms with Crippen LogP contribution in [0.2, 0.25) is 0 Å². The summed E-state index contributed by atoms with van der Waals surface area (Å²) in [5.41, 5.74) is 1.12. The van der Waals surface area contributed by atoms with Gasteiger partial charge in [0.15, 0.2) is 0 Å². The van der Waals surface area contributed by atoms with Crippen LogP contribution in [0, 0.1) is 0 Å². The smallest absolute Gasteiger partial charge is 0.339 e. The van der Waals surface area contributed by atoms with Gasteiger partial charge in [-0.3, -0.25) is 0 Å². The molecule has 0 aliphatic rings. The standard InChI is InChI=1S/C19H16O4/c1-22-17-9-5-8-14-10-16(19(20)21)18(11-15(14)17)23-12-13-6-3-2-4-7-13/h2-11H,12H2,1H3,(H,20,21). The van der Waals surface area contributed by atoms with Crippen molar-refractivity contribution in [3.8, 4) is 11.5 Å². The zero-order chi connectivity index (χ0) is 16.2. The summed E-state index contributed by atoms with van der Waals surface area (Å²) in [6.45, 7) is 0.307. The number of carboxylic acid groups (broad SMARTS) is 1. The Kier molecular flexibility index (Phi) is 4.15.